The van der Waals surface area contributed by atoms with Crippen LogP contribution in [0.3, 0.4) is 0 Å². The van der Waals surface area contributed by atoms with Gasteiger partial charge in [0.1, 0.15) is 0 Å². The van der Waals surface area contributed by atoms with Crippen molar-refractivity contribution >= 4 is 11.6 Å². The number of nitrogens with zero attached hydrogens (tertiary/aromatic N) is 4. The van der Waals surface area contributed by atoms with Crippen LogP contribution in [0.1, 0.15) is 29.5 Å². The lowest BCUT2D eigenvalue weighted by Gasteiger charge is -2.42. The van der Waals surface area contributed by atoms with Crippen LogP contribution in [-0.4, -0.2) is 50.9 Å². The number of amides is 1. The van der Waals surface area contributed by atoms with E-state index in [9.17, 15) is 27.5 Å². The third-order valence-electron chi connectivity index (χ3n) is 5.86. The second-order valence-electron chi connectivity index (χ2n) is 8.68. The van der Waals surface area contributed by atoms with Crippen LogP contribution in [0.25, 0.3) is 5.69 Å². The van der Waals surface area contributed by atoms with Gasteiger partial charge in [-0.3, -0.25) is 9.69 Å². The fraction of sp³-hybridized carbons (Fsp3) is 0.292. The molecule has 1 aliphatic rings. The summed E-state index contributed by atoms with van der Waals surface area (Å²) in [5, 5.41) is 25.8. The van der Waals surface area contributed by atoms with Crippen LogP contribution in [0.5, 0.6) is 0 Å². The Bertz CT molecular complexity index is 1270. The number of halogens is 4. The molecule has 2 aromatic carbocycles. The fourth-order valence-corrected chi connectivity index (χ4v) is 3.98. The van der Waals surface area contributed by atoms with E-state index in [1.807, 2.05) is 29.2 Å². The van der Waals surface area contributed by atoms with Gasteiger partial charge in [0, 0.05) is 31.2 Å². The van der Waals surface area contributed by atoms with E-state index in [2.05, 4.69) is 10.4 Å². The molecule has 0 radical (unpaired) electrons. The number of hydrogen-bond donors (Lipinski definition) is 2. The van der Waals surface area contributed by atoms with E-state index in [1.165, 1.54) is 29.9 Å². The summed E-state index contributed by atoms with van der Waals surface area (Å²) in [5.74, 6) is -1.11. The molecular weight excluding hydrogens is 466 g/mol. The molecule has 1 unspecified atom stereocenters. The largest absolute Gasteiger partial charge is 0.417 e. The highest BCUT2D eigenvalue weighted by molar-refractivity contribution is 5.97. The number of alkyl halides is 3. The Morgan fingerprint density at radius 2 is 1.91 bits per heavy atom. The number of carbonyl (C=O) groups excluding carboxylic acids is 1. The number of hydrogen-bond acceptors (Lipinski definition) is 5. The quantitative estimate of drug-likeness (QED) is 0.518. The van der Waals surface area contributed by atoms with E-state index in [4.69, 9.17) is 5.26 Å². The first-order valence-corrected chi connectivity index (χ1v) is 10.6. The zero-order valence-electron chi connectivity index (χ0n) is 18.6. The van der Waals surface area contributed by atoms with Gasteiger partial charge in [-0.15, -0.1) is 0 Å². The van der Waals surface area contributed by atoms with E-state index in [-0.39, 0.29) is 18.2 Å². The van der Waals surface area contributed by atoms with Crippen molar-refractivity contribution in [1.82, 2.24) is 14.7 Å². The summed E-state index contributed by atoms with van der Waals surface area (Å²) in [6.45, 7) is 2.44. The summed E-state index contributed by atoms with van der Waals surface area (Å²) >= 11 is 0. The Kier molecular flexibility index (Phi) is 6.36. The Balaban J connectivity index is 1.34. The first-order chi connectivity index (χ1) is 16.5. The number of carbonyl (C=O) groups is 1. The molecular formula is C24H21F4N5O2. The highest BCUT2D eigenvalue weighted by Crippen LogP contribution is 2.34. The maximum Gasteiger partial charge on any atom is 0.417 e. The second kappa shape index (κ2) is 9.13. The van der Waals surface area contributed by atoms with Crippen molar-refractivity contribution in [2.45, 2.75) is 24.6 Å². The first kappa shape index (κ1) is 24.4. The predicted molar refractivity (Wildman–Crippen MR) is 118 cm³/mol. The highest BCUT2D eigenvalue weighted by Gasteiger charge is 2.38. The van der Waals surface area contributed by atoms with E-state index in [0.717, 1.165) is 17.8 Å². The molecule has 7 nitrogen and oxygen atoms in total. The molecule has 1 atom stereocenters. The Labute approximate surface area is 198 Å². The lowest BCUT2D eigenvalue weighted by Crippen LogP contribution is -2.55. The zero-order chi connectivity index (χ0) is 25.4. The fourth-order valence-electron chi connectivity index (χ4n) is 3.98. The molecule has 1 amide bonds. The summed E-state index contributed by atoms with van der Waals surface area (Å²) in [6, 6.07) is 11.8. The Morgan fingerprint density at radius 3 is 2.49 bits per heavy atom. The maximum atomic E-state index is 13.2. The van der Waals surface area contributed by atoms with Crippen LogP contribution in [0, 0.1) is 17.1 Å². The molecule has 4 rings (SSSR count). The number of nitriles is 1. The number of nitrogens with one attached hydrogen (secondary N) is 1. The average molecular weight is 487 g/mol. The van der Waals surface area contributed by atoms with Gasteiger partial charge in [-0.05, 0) is 42.8 Å². The topological polar surface area (TPSA) is 94.2 Å². The van der Waals surface area contributed by atoms with Gasteiger partial charge < -0.3 is 10.4 Å². The van der Waals surface area contributed by atoms with Crippen molar-refractivity contribution in [1.29, 1.82) is 5.26 Å². The number of aliphatic hydroxyl groups is 1. The molecule has 11 heteroatoms. The van der Waals surface area contributed by atoms with Crippen molar-refractivity contribution in [3.63, 3.8) is 0 Å². The third kappa shape index (κ3) is 5.34. The monoisotopic (exact) mass is 487 g/mol. The maximum absolute atomic E-state index is 13.2. The van der Waals surface area contributed by atoms with Crippen molar-refractivity contribution in [3.05, 3.63) is 77.4 Å². The molecule has 0 aliphatic carbocycles. The summed E-state index contributed by atoms with van der Waals surface area (Å²) in [7, 11) is 0. The summed E-state index contributed by atoms with van der Waals surface area (Å²) in [4.78, 5) is 14.4. The molecule has 1 fully saturated rings. The predicted octanol–water partition coefficient (Wildman–Crippen LogP) is 3.69. The number of aromatic nitrogens is 2. The SMILES string of the molecule is CC(O)(CN1CC(c2ccc(-n3cc(F)cn3)cc2)C1)C(=O)Nc1ccc(C#N)c(C(F)(F)F)c1. The standard InChI is InChI=1S/C24H21F4N5O2/c1-23(35,22(34)31-19-5-2-16(9-29)21(8-19)24(26,27)28)14-32-11-17(12-32)15-3-6-20(7-4-15)33-13-18(25)10-30-33/h2-8,10,13,17,35H,11-12,14H2,1H3,(H,31,34). The minimum absolute atomic E-state index is 0.0115. The van der Waals surface area contributed by atoms with Gasteiger partial charge in [0.2, 0.25) is 0 Å². The normalized spacial score (nSPS) is 16.3. The molecule has 1 aromatic heterocycles. The summed E-state index contributed by atoms with van der Waals surface area (Å²) < 4.78 is 54.0. The summed E-state index contributed by atoms with van der Waals surface area (Å²) in [5.41, 5.74) is -1.99. The minimum Gasteiger partial charge on any atom is -0.379 e. The first-order valence-electron chi connectivity index (χ1n) is 10.6. The molecule has 35 heavy (non-hydrogen) atoms. The number of β-amino-alcohol motifs (C(OH)–C–C–N with tert-alkyl or cyclic N) is 1. The lowest BCUT2D eigenvalue weighted by molar-refractivity contribution is -0.138. The van der Waals surface area contributed by atoms with Crippen LogP contribution in [0.4, 0.5) is 23.2 Å². The Hall–Kier alpha value is -3.75. The molecule has 2 N–H and O–H groups in total. The van der Waals surface area contributed by atoms with Gasteiger partial charge in [0.25, 0.3) is 5.91 Å². The van der Waals surface area contributed by atoms with Gasteiger partial charge >= 0.3 is 6.18 Å². The molecule has 1 saturated heterocycles. The molecule has 0 bridgehead atoms. The minimum atomic E-state index is -4.76. The van der Waals surface area contributed by atoms with E-state index in [0.29, 0.717) is 24.8 Å². The lowest BCUT2D eigenvalue weighted by atomic mass is 9.89. The van der Waals surface area contributed by atoms with E-state index in [1.54, 1.807) is 0 Å². The van der Waals surface area contributed by atoms with Crippen LogP contribution >= 0.6 is 0 Å². The van der Waals surface area contributed by atoms with Crippen LogP contribution in [0.2, 0.25) is 0 Å². The van der Waals surface area contributed by atoms with Gasteiger partial charge in [-0.2, -0.15) is 23.5 Å². The van der Waals surface area contributed by atoms with E-state index >= 15 is 0 Å². The number of rotatable bonds is 6. The van der Waals surface area contributed by atoms with Gasteiger partial charge in [0.15, 0.2) is 11.4 Å². The Morgan fingerprint density at radius 1 is 1.23 bits per heavy atom. The van der Waals surface area contributed by atoms with Crippen LogP contribution in [0.15, 0.2) is 54.9 Å². The van der Waals surface area contributed by atoms with E-state index < -0.39 is 34.6 Å². The molecule has 182 valence electrons. The number of likely N-dealkylation sites (tertiary alicyclic amines) is 1. The molecule has 1 aliphatic heterocycles. The smallest absolute Gasteiger partial charge is 0.379 e. The molecule has 3 aromatic rings. The van der Waals surface area contributed by atoms with Crippen molar-refractivity contribution in [2.24, 2.45) is 0 Å². The summed E-state index contributed by atoms with van der Waals surface area (Å²) in [6.07, 6.45) is -2.36. The van der Waals surface area contributed by atoms with Crippen molar-refractivity contribution in [2.75, 3.05) is 25.0 Å². The van der Waals surface area contributed by atoms with Gasteiger partial charge in [-0.1, -0.05) is 12.1 Å². The zero-order valence-corrected chi connectivity index (χ0v) is 18.6. The van der Waals surface area contributed by atoms with Crippen molar-refractivity contribution < 1.29 is 27.5 Å². The molecule has 0 spiro atoms. The number of anilines is 1. The molecule has 2 heterocycles. The third-order valence-corrected chi connectivity index (χ3v) is 5.86. The van der Waals surface area contributed by atoms with Gasteiger partial charge in [0.05, 0.1) is 35.3 Å². The average Bonchev–Trinajstić information content (AvgIpc) is 3.21. The van der Waals surface area contributed by atoms with Gasteiger partial charge in [-0.25, -0.2) is 9.07 Å². The van der Waals surface area contributed by atoms with Crippen molar-refractivity contribution in [3.8, 4) is 11.8 Å². The second-order valence-corrected chi connectivity index (χ2v) is 8.68. The van der Waals surface area contributed by atoms with Crippen LogP contribution < -0.4 is 5.32 Å². The highest BCUT2D eigenvalue weighted by atomic mass is 19.4. The number of benzene rings is 2. The molecule has 0 saturated carbocycles. The van der Waals surface area contributed by atoms with Crippen LogP contribution in [-0.2, 0) is 11.0 Å².